The van der Waals surface area contributed by atoms with Crippen LogP contribution in [0, 0.1) is 11.8 Å². The van der Waals surface area contributed by atoms with E-state index in [2.05, 4.69) is 49.1 Å². The molecule has 1 aliphatic carbocycles. The highest BCUT2D eigenvalue weighted by Crippen LogP contribution is 2.32. The van der Waals surface area contributed by atoms with Gasteiger partial charge in [0, 0.05) is 25.7 Å². The summed E-state index contributed by atoms with van der Waals surface area (Å²) in [5.74, 6) is 1.69. The van der Waals surface area contributed by atoms with Gasteiger partial charge in [0.15, 0.2) is 0 Å². The molecule has 23 heavy (non-hydrogen) atoms. The normalized spacial score (nSPS) is 25.3. The van der Waals surface area contributed by atoms with E-state index in [0.29, 0.717) is 12.1 Å². The molecule has 2 nitrogen and oxygen atoms in total. The fourth-order valence-corrected chi connectivity index (χ4v) is 3.85. The smallest absolute Gasteiger partial charge is 0.0745 e. The first-order valence-corrected chi connectivity index (χ1v) is 9.69. The summed E-state index contributed by atoms with van der Waals surface area (Å²) < 4.78 is 6.35. The van der Waals surface area contributed by atoms with Gasteiger partial charge < -0.3 is 4.74 Å². The van der Waals surface area contributed by atoms with E-state index in [-0.39, 0.29) is 0 Å². The van der Waals surface area contributed by atoms with E-state index in [1.54, 1.807) is 0 Å². The zero-order chi connectivity index (χ0) is 16.1. The van der Waals surface area contributed by atoms with Crippen molar-refractivity contribution in [2.75, 3.05) is 19.7 Å². The van der Waals surface area contributed by atoms with Crippen LogP contribution in [-0.2, 0) is 11.2 Å². The molecule has 1 saturated heterocycles. The van der Waals surface area contributed by atoms with Crippen LogP contribution in [0.4, 0.5) is 0 Å². The van der Waals surface area contributed by atoms with Crippen molar-refractivity contribution in [2.45, 2.75) is 64.5 Å². The van der Waals surface area contributed by atoms with Crippen LogP contribution in [0.2, 0.25) is 0 Å². The maximum Gasteiger partial charge on any atom is 0.0745 e. The highest BCUT2D eigenvalue weighted by molar-refractivity contribution is 5.17. The third kappa shape index (κ3) is 4.81. The monoisotopic (exact) mass is 315 g/mol. The topological polar surface area (TPSA) is 12.5 Å². The van der Waals surface area contributed by atoms with Gasteiger partial charge in [-0.25, -0.2) is 0 Å². The molecule has 0 bridgehead atoms. The second-order valence-electron chi connectivity index (χ2n) is 7.54. The molecule has 1 aromatic rings. The van der Waals surface area contributed by atoms with Crippen molar-refractivity contribution in [3.63, 3.8) is 0 Å². The lowest BCUT2D eigenvalue weighted by atomic mass is 9.99. The van der Waals surface area contributed by atoms with Crippen LogP contribution in [0.15, 0.2) is 30.3 Å². The van der Waals surface area contributed by atoms with Crippen LogP contribution in [0.5, 0.6) is 0 Å². The average molecular weight is 316 g/mol. The van der Waals surface area contributed by atoms with Gasteiger partial charge in [-0.3, -0.25) is 4.90 Å². The van der Waals surface area contributed by atoms with Crippen LogP contribution < -0.4 is 0 Å². The van der Waals surface area contributed by atoms with Crippen molar-refractivity contribution in [2.24, 2.45) is 11.8 Å². The summed E-state index contributed by atoms with van der Waals surface area (Å²) in [6, 6.07) is 11.5. The van der Waals surface area contributed by atoms with Gasteiger partial charge in [0.2, 0.25) is 0 Å². The minimum Gasteiger partial charge on any atom is -0.376 e. The number of hydrogen-bond acceptors (Lipinski definition) is 2. The summed E-state index contributed by atoms with van der Waals surface area (Å²) in [6.07, 6.45) is 8.13. The van der Waals surface area contributed by atoms with Crippen LogP contribution in [-0.4, -0.2) is 36.7 Å². The fraction of sp³-hybridized carbons (Fsp3) is 0.714. The maximum absolute atomic E-state index is 6.35. The Labute approximate surface area is 142 Å². The molecule has 2 aliphatic rings. The lowest BCUT2D eigenvalue weighted by molar-refractivity contribution is 0.0183. The van der Waals surface area contributed by atoms with Gasteiger partial charge in [0.25, 0.3) is 0 Å². The molecule has 2 heteroatoms. The predicted octanol–water partition coefficient (Wildman–Crippen LogP) is 4.53. The van der Waals surface area contributed by atoms with E-state index >= 15 is 0 Å². The predicted molar refractivity (Wildman–Crippen MR) is 96.7 cm³/mol. The number of ether oxygens (including phenoxy) is 1. The molecule has 0 amide bonds. The number of rotatable bonds is 9. The zero-order valence-corrected chi connectivity index (χ0v) is 14.9. The zero-order valence-electron chi connectivity index (χ0n) is 14.9. The number of likely N-dealkylation sites (tertiary alicyclic amines) is 1. The highest BCUT2D eigenvalue weighted by Gasteiger charge is 2.36. The molecular weight excluding hydrogens is 282 g/mol. The molecule has 128 valence electrons. The molecule has 0 N–H and O–H groups in total. The average Bonchev–Trinajstić information content (AvgIpc) is 3.35. The van der Waals surface area contributed by atoms with E-state index < -0.39 is 0 Å². The van der Waals surface area contributed by atoms with Gasteiger partial charge in [-0.15, -0.1) is 0 Å². The molecule has 1 aromatic carbocycles. The molecule has 1 saturated carbocycles. The summed E-state index contributed by atoms with van der Waals surface area (Å²) in [5.41, 5.74) is 1.45. The summed E-state index contributed by atoms with van der Waals surface area (Å²) >= 11 is 0. The van der Waals surface area contributed by atoms with Gasteiger partial charge in [0.1, 0.15) is 0 Å². The molecule has 1 aliphatic heterocycles. The molecule has 0 unspecified atom stereocenters. The minimum absolute atomic E-state index is 0.435. The second-order valence-corrected chi connectivity index (χ2v) is 7.54. The van der Waals surface area contributed by atoms with Crippen molar-refractivity contribution in [3.8, 4) is 0 Å². The summed E-state index contributed by atoms with van der Waals surface area (Å²) in [5, 5.41) is 0. The first-order valence-electron chi connectivity index (χ1n) is 9.69. The Morgan fingerprint density at radius 3 is 2.48 bits per heavy atom. The summed E-state index contributed by atoms with van der Waals surface area (Å²) in [7, 11) is 0. The van der Waals surface area contributed by atoms with E-state index in [4.69, 9.17) is 4.74 Å². The van der Waals surface area contributed by atoms with Crippen molar-refractivity contribution >= 4 is 0 Å². The minimum atomic E-state index is 0.435. The van der Waals surface area contributed by atoms with E-state index in [0.717, 1.165) is 24.9 Å². The molecule has 0 aromatic heterocycles. The van der Waals surface area contributed by atoms with Crippen molar-refractivity contribution in [3.05, 3.63) is 35.9 Å². The summed E-state index contributed by atoms with van der Waals surface area (Å²) in [6.45, 7) is 8.11. The fourth-order valence-electron chi connectivity index (χ4n) is 3.85. The third-order valence-electron chi connectivity index (χ3n) is 5.78. The Balaban J connectivity index is 1.64. The van der Waals surface area contributed by atoms with Crippen molar-refractivity contribution in [1.82, 2.24) is 4.90 Å². The lowest BCUT2D eigenvalue weighted by Crippen LogP contribution is -2.40. The molecule has 3 rings (SSSR count). The maximum atomic E-state index is 6.35. The first kappa shape index (κ1) is 17.0. The van der Waals surface area contributed by atoms with Gasteiger partial charge >= 0.3 is 0 Å². The molecule has 1 heterocycles. The van der Waals surface area contributed by atoms with Crippen LogP contribution in [0.1, 0.15) is 51.5 Å². The summed E-state index contributed by atoms with van der Waals surface area (Å²) in [4.78, 5) is 2.72. The molecule has 2 atom stereocenters. The van der Waals surface area contributed by atoms with Gasteiger partial charge in [0.05, 0.1) is 6.10 Å². The highest BCUT2D eigenvalue weighted by atomic mass is 16.5. The second kappa shape index (κ2) is 8.30. The molecule has 0 radical (unpaired) electrons. The Bertz CT molecular complexity index is 452. The molecular formula is C21H33NO. The Hall–Kier alpha value is -0.860. The number of benzene rings is 1. The molecule has 2 fully saturated rings. The first-order chi connectivity index (χ1) is 11.3. The standard InChI is InChI=1S/C21H33NO/c1-3-17(4-2)15-22-13-12-21(23-16-19-10-11-19)20(22)14-18-8-6-5-7-9-18/h5-9,17,19-21H,3-4,10-16H2,1-2H3/t20-,21+/m0/s1. The van der Waals surface area contributed by atoms with Crippen LogP contribution in [0.25, 0.3) is 0 Å². The molecule has 0 spiro atoms. The Kier molecular flexibility index (Phi) is 6.13. The van der Waals surface area contributed by atoms with E-state index in [9.17, 15) is 0 Å². The van der Waals surface area contributed by atoms with Gasteiger partial charge in [-0.05, 0) is 43.1 Å². The lowest BCUT2D eigenvalue weighted by Gasteiger charge is -2.31. The number of hydrogen-bond donors (Lipinski definition) is 0. The number of nitrogens with zero attached hydrogens (tertiary/aromatic N) is 1. The van der Waals surface area contributed by atoms with Crippen LogP contribution >= 0.6 is 0 Å². The Morgan fingerprint density at radius 1 is 1.09 bits per heavy atom. The van der Waals surface area contributed by atoms with E-state index in [1.807, 2.05) is 0 Å². The third-order valence-corrected chi connectivity index (χ3v) is 5.78. The SMILES string of the molecule is CCC(CC)CN1CC[C@@H](OCC2CC2)[C@@H]1Cc1ccccc1. The van der Waals surface area contributed by atoms with Crippen molar-refractivity contribution in [1.29, 1.82) is 0 Å². The van der Waals surface area contributed by atoms with E-state index in [1.165, 1.54) is 50.8 Å². The van der Waals surface area contributed by atoms with Gasteiger partial charge in [-0.1, -0.05) is 57.0 Å². The largest absolute Gasteiger partial charge is 0.376 e. The Morgan fingerprint density at radius 2 is 1.83 bits per heavy atom. The van der Waals surface area contributed by atoms with Crippen molar-refractivity contribution < 1.29 is 4.74 Å². The van der Waals surface area contributed by atoms with Crippen LogP contribution in [0.3, 0.4) is 0 Å². The van der Waals surface area contributed by atoms with Gasteiger partial charge in [-0.2, -0.15) is 0 Å². The quantitative estimate of drug-likeness (QED) is 0.663.